The van der Waals surface area contributed by atoms with E-state index in [1.807, 2.05) is 68.5 Å². The number of rotatable bonds is 6. The summed E-state index contributed by atoms with van der Waals surface area (Å²) in [5.74, 6) is 0.676. The molecule has 5 rings (SSSR count). The van der Waals surface area contributed by atoms with Crippen molar-refractivity contribution in [2.45, 2.75) is 13.8 Å². The summed E-state index contributed by atoms with van der Waals surface area (Å²) in [7, 11) is 1.54. The summed E-state index contributed by atoms with van der Waals surface area (Å²) < 4.78 is 14.3. The van der Waals surface area contributed by atoms with E-state index in [1.54, 1.807) is 17.6 Å². The lowest BCUT2D eigenvalue weighted by molar-refractivity contribution is -0.118. The number of nitrogens with zero attached hydrogens (tertiary/aromatic N) is 2. The molecule has 5 aromatic rings. The lowest BCUT2D eigenvalue weighted by Crippen LogP contribution is -2.22. The van der Waals surface area contributed by atoms with E-state index in [9.17, 15) is 9.59 Å². The fourth-order valence-corrected chi connectivity index (χ4v) is 5.66. The first-order valence-electron chi connectivity index (χ1n) is 11.1. The van der Waals surface area contributed by atoms with Gasteiger partial charge in [0.2, 0.25) is 0 Å². The van der Waals surface area contributed by atoms with Gasteiger partial charge in [-0.05, 0) is 95.6 Å². The molecule has 0 spiro atoms. The lowest BCUT2D eigenvalue weighted by atomic mass is 10.1. The Hall–Kier alpha value is -3.44. The second-order valence-corrected chi connectivity index (χ2v) is 10.5. The summed E-state index contributed by atoms with van der Waals surface area (Å²) in [6.07, 6.45) is 1.82. The Morgan fingerprint density at radius 2 is 1.89 bits per heavy atom. The molecule has 0 fully saturated rings. The third-order valence-electron chi connectivity index (χ3n) is 5.81. The predicted molar refractivity (Wildman–Crippen MR) is 151 cm³/mol. The van der Waals surface area contributed by atoms with Crippen LogP contribution in [0.4, 0.5) is 5.69 Å². The third-order valence-corrected chi connectivity index (χ3v) is 7.58. The fourth-order valence-electron chi connectivity index (χ4n) is 3.89. The number of aryl methyl sites for hydroxylation is 2. The van der Waals surface area contributed by atoms with E-state index >= 15 is 0 Å². The number of carbonyl (C=O) groups is 1. The number of hydrogen-bond acceptors (Lipinski definition) is 6. The molecular weight excluding hydrogens is 589 g/mol. The van der Waals surface area contributed by atoms with Crippen molar-refractivity contribution < 1.29 is 14.3 Å². The van der Waals surface area contributed by atoms with E-state index in [0.717, 1.165) is 31.3 Å². The molecule has 0 atom stereocenters. The van der Waals surface area contributed by atoms with E-state index in [0.29, 0.717) is 26.7 Å². The number of fused-ring (bicyclic) bond motifs is 3. The molecule has 3 aromatic carbocycles. The number of methoxy groups -OCH3 is 1. The highest BCUT2D eigenvalue weighted by Gasteiger charge is 2.15. The SMILES string of the molecule is COc1cc(/C=c2\sc3nc4cc(C)c(C)cc4n3c2=O)cc(I)c1OCC(=O)Nc1ccccc1. The minimum atomic E-state index is -0.273. The van der Waals surface area contributed by atoms with Gasteiger partial charge >= 0.3 is 0 Å². The van der Waals surface area contributed by atoms with Crippen LogP contribution in [0.2, 0.25) is 0 Å². The number of halogens is 1. The van der Waals surface area contributed by atoms with Crippen molar-refractivity contribution in [3.05, 3.63) is 89.7 Å². The number of amides is 1. The van der Waals surface area contributed by atoms with Crippen LogP contribution < -0.4 is 24.9 Å². The molecule has 0 saturated carbocycles. The molecule has 1 amide bonds. The van der Waals surface area contributed by atoms with Gasteiger partial charge in [-0.2, -0.15) is 0 Å². The zero-order valence-corrected chi connectivity index (χ0v) is 22.8. The van der Waals surface area contributed by atoms with Crippen molar-refractivity contribution in [3.63, 3.8) is 0 Å². The van der Waals surface area contributed by atoms with Crippen LogP contribution in [0.25, 0.3) is 22.1 Å². The number of nitrogens with one attached hydrogen (secondary N) is 1. The summed E-state index contributed by atoms with van der Waals surface area (Å²) in [5, 5.41) is 2.79. The molecule has 0 aliphatic carbocycles. The summed E-state index contributed by atoms with van der Waals surface area (Å²) in [4.78, 5) is 30.9. The Kier molecular flexibility index (Phi) is 6.67. The van der Waals surface area contributed by atoms with Crippen LogP contribution in [0.5, 0.6) is 11.5 Å². The summed E-state index contributed by atoms with van der Waals surface area (Å²) in [6.45, 7) is 3.90. The molecule has 2 aromatic heterocycles. The van der Waals surface area contributed by atoms with Crippen LogP contribution in [0.1, 0.15) is 16.7 Å². The Morgan fingerprint density at radius 1 is 1.14 bits per heavy atom. The van der Waals surface area contributed by atoms with Gasteiger partial charge in [0.05, 0.1) is 26.2 Å². The van der Waals surface area contributed by atoms with E-state index in [2.05, 4.69) is 32.9 Å². The normalized spacial score (nSPS) is 11.8. The summed E-state index contributed by atoms with van der Waals surface area (Å²) in [6, 6.07) is 16.9. The molecule has 1 N–H and O–H groups in total. The molecule has 36 heavy (non-hydrogen) atoms. The van der Waals surface area contributed by atoms with Gasteiger partial charge in [0, 0.05) is 5.69 Å². The van der Waals surface area contributed by atoms with E-state index in [1.165, 1.54) is 11.3 Å². The largest absolute Gasteiger partial charge is 0.493 e. The monoisotopic (exact) mass is 611 g/mol. The highest BCUT2D eigenvalue weighted by atomic mass is 127. The molecule has 182 valence electrons. The number of ether oxygens (including phenoxy) is 2. The Labute approximate surface area is 224 Å². The average Bonchev–Trinajstić information content (AvgIpc) is 3.34. The van der Waals surface area contributed by atoms with Gasteiger partial charge in [-0.25, -0.2) is 9.38 Å². The second kappa shape index (κ2) is 9.90. The molecule has 9 heteroatoms. The van der Waals surface area contributed by atoms with Crippen LogP contribution in [0.15, 0.2) is 59.4 Å². The minimum Gasteiger partial charge on any atom is -0.493 e. The molecule has 0 unspecified atom stereocenters. The maximum Gasteiger partial charge on any atom is 0.274 e. The first-order valence-corrected chi connectivity index (χ1v) is 13.0. The topological polar surface area (TPSA) is 81.9 Å². The number of thiazole rings is 1. The molecular formula is C27H22IN3O4S. The van der Waals surface area contributed by atoms with Crippen molar-refractivity contribution in [2.24, 2.45) is 0 Å². The van der Waals surface area contributed by atoms with E-state index < -0.39 is 0 Å². The maximum atomic E-state index is 13.2. The molecule has 0 radical (unpaired) electrons. The van der Waals surface area contributed by atoms with Gasteiger partial charge in [-0.3, -0.25) is 9.59 Å². The first-order chi connectivity index (χ1) is 17.3. The molecule has 0 saturated heterocycles. The average molecular weight is 611 g/mol. The third kappa shape index (κ3) is 4.68. The Balaban J connectivity index is 1.44. The number of imidazole rings is 1. The van der Waals surface area contributed by atoms with Gasteiger partial charge in [0.25, 0.3) is 11.5 Å². The summed E-state index contributed by atoms with van der Waals surface area (Å²) in [5.41, 5.74) is 5.29. The van der Waals surface area contributed by atoms with Crippen molar-refractivity contribution in [2.75, 3.05) is 19.0 Å². The second-order valence-electron chi connectivity index (χ2n) is 8.31. The zero-order valence-electron chi connectivity index (χ0n) is 19.8. The van der Waals surface area contributed by atoms with Gasteiger partial charge < -0.3 is 14.8 Å². The molecule has 7 nitrogen and oxygen atoms in total. The Morgan fingerprint density at radius 3 is 2.64 bits per heavy atom. The molecule has 0 aliphatic heterocycles. The molecule has 0 bridgehead atoms. The van der Waals surface area contributed by atoms with Crippen LogP contribution in [0, 0.1) is 17.4 Å². The van der Waals surface area contributed by atoms with E-state index in [-0.39, 0.29) is 18.1 Å². The quantitative estimate of drug-likeness (QED) is 0.282. The van der Waals surface area contributed by atoms with Gasteiger partial charge in [0.1, 0.15) is 0 Å². The van der Waals surface area contributed by atoms with Crippen molar-refractivity contribution in [3.8, 4) is 11.5 Å². The van der Waals surface area contributed by atoms with E-state index in [4.69, 9.17) is 9.47 Å². The maximum absolute atomic E-state index is 13.2. The molecule has 2 heterocycles. The number of carbonyl (C=O) groups excluding carboxylic acids is 1. The fraction of sp³-hybridized carbons (Fsp3) is 0.148. The number of aromatic nitrogens is 2. The van der Waals surface area contributed by atoms with Crippen LogP contribution in [-0.2, 0) is 4.79 Å². The van der Waals surface area contributed by atoms with Gasteiger partial charge in [0.15, 0.2) is 23.1 Å². The van der Waals surface area contributed by atoms with Gasteiger partial charge in [-0.15, -0.1) is 0 Å². The lowest BCUT2D eigenvalue weighted by Gasteiger charge is -2.13. The van der Waals surface area contributed by atoms with Crippen molar-refractivity contribution in [1.82, 2.24) is 9.38 Å². The smallest absolute Gasteiger partial charge is 0.274 e. The number of benzene rings is 3. The molecule has 0 aliphatic rings. The minimum absolute atomic E-state index is 0.104. The number of hydrogen-bond donors (Lipinski definition) is 1. The summed E-state index contributed by atoms with van der Waals surface area (Å²) >= 11 is 3.49. The highest BCUT2D eigenvalue weighted by Crippen LogP contribution is 2.34. The zero-order chi connectivity index (χ0) is 25.4. The predicted octanol–water partition coefficient (Wildman–Crippen LogP) is 4.70. The van der Waals surface area contributed by atoms with Crippen LogP contribution in [0.3, 0.4) is 0 Å². The van der Waals surface area contributed by atoms with Crippen molar-refractivity contribution >= 4 is 67.6 Å². The Bertz CT molecular complexity index is 1730. The van der Waals surface area contributed by atoms with Crippen LogP contribution >= 0.6 is 33.9 Å². The van der Waals surface area contributed by atoms with Crippen LogP contribution in [-0.4, -0.2) is 29.0 Å². The van der Waals surface area contributed by atoms with Crippen molar-refractivity contribution in [1.29, 1.82) is 0 Å². The first kappa shape index (κ1) is 24.3. The highest BCUT2D eigenvalue weighted by molar-refractivity contribution is 14.1. The van der Waals surface area contributed by atoms with Gasteiger partial charge in [-0.1, -0.05) is 29.5 Å². The standard InChI is InChI=1S/C27H22IN3O4S/c1-15-9-20-21(10-16(15)2)31-26(33)23(36-27(31)30-20)13-17-11-19(28)25(22(12-17)34-3)35-14-24(32)29-18-7-5-4-6-8-18/h4-13H,14H2,1-3H3,(H,29,32)/b23-13-. The number of para-hydroxylation sites is 1. The number of anilines is 1.